The van der Waals surface area contributed by atoms with Crippen LogP contribution in [0.3, 0.4) is 0 Å². The lowest BCUT2D eigenvalue weighted by Crippen LogP contribution is -2.34. The van der Waals surface area contributed by atoms with Gasteiger partial charge in [0.25, 0.3) is 0 Å². The zero-order valence-electron chi connectivity index (χ0n) is 12.6. The number of carbonyl (C=O) groups excluding carboxylic acids is 2. The van der Waals surface area contributed by atoms with Crippen LogP contribution in [0.25, 0.3) is 0 Å². The molecule has 0 saturated heterocycles. The van der Waals surface area contributed by atoms with E-state index in [2.05, 4.69) is 12.1 Å². The molecule has 0 bridgehead atoms. The van der Waals surface area contributed by atoms with E-state index in [9.17, 15) is 9.59 Å². The number of amides is 2. The third kappa shape index (κ3) is 4.70. The molecule has 2 rings (SSSR count). The monoisotopic (exact) mass is 302 g/mol. The van der Waals surface area contributed by atoms with Gasteiger partial charge in [-0.1, -0.05) is 36.4 Å². The Balaban J connectivity index is 1.92. The fourth-order valence-electron chi connectivity index (χ4n) is 2.59. The van der Waals surface area contributed by atoms with Crippen LogP contribution in [0.5, 0.6) is 0 Å². The van der Waals surface area contributed by atoms with Crippen molar-refractivity contribution in [2.45, 2.75) is 32.1 Å². The molecule has 1 heterocycles. The van der Waals surface area contributed by atoms with E-state index in [1.54, 1.807) is 5.48 Å². The van der Waals surface area contributed by atoms with Gasteiger partial charge in [0.1, 0.15) is 0 Å². The minimum atomic E-state index is -0.464. The van der Waals surface area contributed by atoms with Crippen molar-refractivity contribution in [3.8, 4) is 0 Å². The molecule has 118 valence electrons. The van der Waals surface area contributed by atoms with E-state index in [0.717, 1.165) is 25.8 Å². The predicted molar refractivity (Wildman–Crippen MR) is 83.2 cm³/mol. The molecule has 22 heavy (non-hydrogen) atoms. The zero-order chi connectivity index (χ0) is 15.8. The van der Waals surface area contributed by atoms with Crippen LogP contribution in [-0.4, -0.2) is 35.0 Å². The van der Waals surface area contributed by atoms with Gasteiger partial charge in [-0.2, -0.15) is 0 Å². The highest BCUT2D eigenvalue weighted by Gasteiger charge is 2.20. The molecule has 0 spiro atoms. The minimum absolute atomic E-state index is 0.0131. The van der Waals surface area contributed by atoms with Crippen molar-refractivity contribution in [1.82, 2.24) is 10.4 Å². The van der Waals surface area contributed by atoms with E-state index < -0.39 is 5.91 Å². The molecule has 2 N–H and O–H groups in total. The highest BCUT2D eigenvalue weighted by molar-refractivity contribution is 5.94. The molecule has 0 radical (unpaired) electrons. The number of allylic oxidation sites excluding steroid dienone is 1. The number of nitrogens with one attached hydrogen (secondary N) is 1. The predicted octanol–water partition coefficient (Wildman–Crippen LogP) is 2.06. The lowest BCUT2D eigenvalue weighted by molar-refractivity contribution is -0.129. The smallest absolute Gasteiger partial charge is 0.249 e. The van der Waals surface area contributed by atoms with E-state index in [4.69, 9.17) is 5.21 Å². The van der Waals surface area contributed by atoms with Crippen LogP contribution in [0, 0.1) is 0 Å². The maximum absolute atomic E-state index is 12.5. The third-order valence-corrected chi connectivity index (χ3v) is 3.84. The van der Waals surface area contributed by atoms with Gasteiger partial charge in [-0.05, 0) is 31.2 Å². The number of benzene rings is 1. The molecule has 0 fully saturated rings. The molecular formula is C17H22N2O3. The van der Waals surface area contributed by atoms with Gasteiger partial charge in [0.05, 0.1) is 0 Å². The molecule has 0 saturated carbocycles. The molecule has 1 aromatic rings. The fourth-order valence-corrected chi connectivity index (χ4v) is 2.59. The van der Waals surface area contributed by atoms with Crippen molar-refractivity contribution in [2.75, 3.05) is 13.1 Å². The van der Waals surface area contributed by atoms with Crippen LogP contribution >= 0.6 is 0 Å². The molecule has 0 aliphatic carbocycles. The van der Waals surface area contributed by atoms with E-state index >= 15 is 0 Å². The Morgan fingerprint density at radius 3 is 2.73 bits per heavy atom. The normalized spacial score (nSPS) is 15.2. The van der Waals surface area contributed by atoms with Crippen LogP contribution in [0.4, 0.5) is 0 Å². The Morgan fingerprint density at radius 2 is 2.00 bits per heavy atom. The molecule has 2 amide bonds. The number of hydroxylamine groups is 1. The Morgan fingerprint density at radius 1 is 1.23 bits per heavy atom. The summed E-state index contributed by atoms with van der Waals surface area (Å²) in [4.78, 5) is 25.5. The molecule has 5 nitrogen and oxygen atoms in total. The highest BCUT2D eigenvalue weighted by atomic mass is 16.5. The summed E-state index contributed by atoms with van der Waals surface area (Å²) in [7, 11) is 0. The van der Waals surface area contributed by atoms with E-state index in [1.165, 1.54) is 5.56 Å². The summed E-state index contributed by atoms with van der Waals surface area (Å²) in [6.45, 7) is 1.43. The lowest BCUT2D eigenvalue weighted by atomic mass is 10.1. The van der Waals surface area contributed by atoms with E-state index in [-0.39, 0.29) is 12.3 Å². The second-order valence-corrected chi connectivity index (χ2v) is 5.43. The van der Waals surface area contributed by atoms with Crippen molar-refractivity contribution in [1.29, 1.82) is 0 Å². The first kappa shape index (κ1) is 16.2. The first-order valence-corrected chi connectivity index (χ1v) is 7.66. The van der Waals surface area contributed by atoms with Gasteiger partial charge >= 0.3 is 0 Å². The largest absolute Gasteiger partial charge is 0.339 e. The standard InChI is InChI=1S/C17H22N2O3/c20-16(18-22)10-9-15-8-4-5-12-19(17(15)21)13-11-14-6-2-1-3-7-14/h1-3,6-8,22H,4-5,9-13H2,(H,18,20). The summed E-state index contributed by atoms with van der Waals surface area (Å²) in [5.74, 6) is -0.451. The van der Waals surface area contributed by atoms with Crippen molar-refractivity contribution >= 4 is 11.8 Å². The summed E-state index contributed by atoms with van der Waals surface area (Å²) in [5.41, 5.74) is 3.49. The summed E-state index contributed by atoms with van der Waals surface area (Å²) in [5, 5.41) is 8.53. The number of hydrogen-bond acceptors (Lipinski definition) is 3. The first-order valence-electron chi connectivity index (χ1n) is 7.66. The zero-order valence-corrected chi connectivity index (χ0v) is 12.6. The maximum Gasteiger partial charge on any atom is 0.249 e. The minimum Gasteiger partial charge on any atom is -0.339 e. The van der Waals surface area contributed by atoms with Crippen LogP contribution in [0.15, 0.2) is 42.0 Å². The Bertz CT molecular complexity index is 540. The van der Waals surface area contributed by atoms with Gasteiger partial charge in [-0.3, -0.25) is 14.8 Å². The molecule has 1 aliphatic heterocycles. The highest BCUT2D eigenvalue weighted by Crippen LogP contribution is 2.17. The quantitative estimate of drug-likeness (QED) is 0.624. The fraction of sp³-hybridized carbons (Fsp3) is 0.412. The van der Waals surface area contributed by atoms with E-state index in [0.29, 0.717) is 18.5 Å². The van der Waals surface area contributed by atoms with Crippen molar-refractivity contribution in [3.63, 3.8) is 0 Å². The summed E-state index contributed by atoms with van der Waals surface area (Å²) in [6.07, 6.45) is 5.04. The molecular weight excluding hydrogens is 280 g/mol. The number of hydrogen-bond donors (Lipinski definition) is 2. The summed E-state index contributed by atoms with van der Waals surface area (Å²) < 4.78 is 0. The SMILES string of the molecule is O=C(CCC1=CCCCN(CCc2ccccc2)C1=O)NO. The second-order valence-electron chi connectivity index (χ2n) is 5.43. The van der Waals surface area contributed by atoms with Gasteiger partial charge in [0.15, 0.2) is 0 Å². The Kier molecular flexibility index (Phi) is 6.15. The summed E-state index contributed by atoms with van der Waals surface area (Å²) >= 11 is 0. The second kappa shape index (κ2) is 8.34. The van der Waals surface area contributed by atoms with Crippen LogP contribution < -0.4 is 5.48 Å². The van der Waals surface area contributed by atoms with Gasteiger partial charge < -0.3 is 4.90 Å². The molecule has 0 aromatic heterocycles. The topological polar surface area (TPSA) is 69.6 Å². The molecule has 1 aliphatic rings. The molecule has 0 unspecified atom stereocenters. The van der Waals surface area contributed by atoms with Gasteiger partial charge in [-0.25, -0.2) is 5.48 Å². The molecule has 0 atom stereocenters. The van der Waals surface area contributed by atoms with Crippen LogP contribution in [0.2, 0.25) is 0 Å². The van der Waals surface area contributed by atoms with E-state index in [1.807, 2.05) is 29.2 Å². The van der Waals surface area contributed by atoms with Crippen molar-refractivity contribution < 1.29 is 14.8 Å². The van der Waals surface area contributed by atoms with Crippen LogP contribution in [-0.2, 0) is 16.0 Å². The van der Waals surface area contributed by atoms with Crippen LogP contribution in [0.1, 0.15) is 31.2 Å². The molecule has 1 aromatic carbocycles. The Labute approximate surface area is 130 Å². The average molecular weight is 302 g/mol. The van der Waals surface area contributed by atoms with Gasteiger partial charge in [-0.15, -0.1) is 0 Å². The average Bonchev–Trinajstić information content (AvgIpc) is 2.73. The summed E-state index contributed by atoms with van der Waals surface area (Å²) in [6, 6.07) is 10.1. The number of carbonyl (C=O) groups is 2. The lowest BCUT2D eigenvalue weighted by Gasteiger charge is -2.22. The first-order chi connectivity index (χ1) is 10.7. The number of rotatable bonds is 6. The van der Waals surface area contributed by atoms with Gasteiger partial charge in [0, 0.05) is 25.1 Å². The van der Waals surface area contributed by atoms with Crippen molar-refractivity contribution in [3.05, 3.63) is 47.5 Å². The number of nitrogens with zero attached hydrogens (tertiary/aromatic N) is 1. The molecule has 5 heteroatoms. The van der Waals surface area contributed by atoms with Crippen molar-refractivity contribution in [2.24, 2.45) is 0 Å². The van der Waals surface area contributed by atoms with Gasteiger partial charge in [0.2, 0.25) is 11.8 Å². The maximum atomic E-state index is 12.5. The third-order valence-electron chi connectivity index (χ3n) is 3.84. The Hall–Kier alpha value is -2.14.